The number of thiophene rings is 1. The summed E-state index contributed by atoms with van der Waals surface area (Å²) in [6.07, 6.45) is 0. The molecule has 7 heteroatoms. The van der Waals surface area contributed by atoms with E-state index >= 15 is 0 Å². The SMILES string of the molecule is CNc1ccc([N+](=O)[O-])c(NCc2ccc(C)s2)n1. The maximum atomic E-state index is 10.9. The maximum Gasteiger partial charge on any atom is 0.311 e. The van der Waals surface area contributed by atoms with Gasteiger partial charge in [0, 0.05) is 22.9 Å². The van der Waals surface area contributed by atoms with Gasteiger partial charge in [0.25, 0.3) is 0 Å². The van der Waals surface area contributed by atoms with E-state index in [2.05, 4.69) is 15.6 Å². The van der Waals surface area contributed by atoms with E-state index in [1.165, 1.54) is 10.9 Å². The Hall–Kier alpha value is -2.15. The van der Waals surface area contributed by atoms with Crippen molar-refractivity contribution < 1.29 is 4.92 Å². The summed E-state index contributed by atoms with van der Waals surface area (Å²) < 4.78 is 0. The Morgan fingerprint density at radius 3 is 2.74 bits per heavy atom. The number of nitro groups is 1. The van der Waals surface area contributed by atoms with E-state index in [1.807, 2.05) is 19.1 Å². The van der Waals surface area contributed by atoms with Gasteiger partial charge in [0.15, 0.2) is 0 Å². The molecule has 0 unspecified atom stereocenters. The van der Waals surface area contributed by atoms with E-state index in [1.54, 1.807) is 24.5 Å². The van der Waals surface area contributed by atoms with E-state index < -0.39 is 4.92 Å². The number of hydrogen-bond donors (Lipinski definition) is 2. The number of hydrogen-bond acceptors (Lipinski definition) is 6. The average Bonchev–Trinajstić information content (AvgIpc) is 2.81. The zero-order valence-electron chi connectivity index (χ0n) is 10.6. The lowest BCUT2D eigenvalue weighted by Gasteiger charge is -2.07. The predicted molar refractivity (Wildman–Crippen MR) is 76.8 cm³/mol. The lowest BCUT2D eigenvalue weighted by Crippen LogP contribution is -2.05. The van der Waals surface area contributed by atoms with Crippen molar-refractivity contribution in [2.24, 2.45) is 0 Å². The standard InChI is InChI=1S/C12H14N4O2S/c1-8-3-4-9(19-8)7-14-12-10(16(17)18)5-6-11(13-2)15-12/h3-6H,7H2,1-2H3,(H2,13,14,15). The maximum absolute atomic E-state index is 10.9. The quantitative estimate of drug-likeness (QED) is 0.649. The van der Waals surface area contributed by atoms with Crippen LogP contribution in [0.5, 0.6) is 0 Å². The van der Waals surface area contributed by atoms with Gasteiger partial charge < -0.3 is 10.6 Å². The van der Waals surface area contributed by atoms with Crippen molar-refractivity contribution in [3.63, 3.8) is 0 Å². The van der Waals surface area contributed by atoms with Gasteiger partial charge in [0.05, 0.1) is 11.5 Å². The topological polar surface area (TPSA) is 80.1 Å². The zero-order chi connectivity index (χ0) is 13.8. The van der Waals surface area contributed by atoms with Crippen molar-refractivity contribution >= 4 is 28.7 Å². The van der Waals surface area contributed by atoms with Crippen LogP contribution in [0.1, 0.15) is 9.75 Å². The molecule has 2 N–H and O–H groups in total. The Labute approximate surface area is 114 Å². The van der Waals surface area contributed by atoms with Crippen LogP contribution in [0, 0.1) is 17.0 Å². The highest BCUT2D eigenvalue weighted by Crippen LogP contribution is 2.25. The van der Waals surface area contributed by atoms with Crippen LogP contribution in [0.3, 0.4) is 0 Å². The van der Waals surface area contributed by atoms with Crippen LogP contribution >= 0.6 is 11.3 Å². The second-order valence-corrected chi connectivity index (χ2v) is 5.31. The van der Waals surface area contributed by atoms with Crippen molar-refractivity contribution in [3.05, 3.63) is 44.1 Å². The summed E-state index contributed by atoms with van der Waals surface area (Å²) in [7, 11) is 1.72. The zero-order valence-corrected chi connectivity index (χ0v) is 11.5. The van der Waals surface area contributed by atoms with Gasteiger partial charge in [-0.3, -0.25) is 10.1 Å². The summed E-state index contributed by atoms with van der Waals surface area (Å²) >= 11 is 1.66. The highest BCUT2D eigenvalue weighted by Gasteiger charge is 2.15. The molecule has 2 aromatic rings. The number of rotatable bonds is 5. The van der Waals surface area contributed by atoms with E-state index in [4.69, 9.17) is 0 Å². The fourth-order valence-electron chi connectivity index (χ4n) is 1.62. The Bertz CT molecular complexity index is 597. The highest BCUT2D eigenvalue weighted by atomic mass is 32.1. The van der Waals surface area contributed by atoms with Crippen LogP contribution in [0.4, 0.5) is 17.3 Å². The first-order valence-corrected chi connectivity index (χ1v) is 6.54. The van der Waals surface area contributed by atoms with E-state index in [-0.39, 0.29) is 11.5 Å². The Kier molecular flexibility index (Phi) is 3.96. The molecule has 100 valence electrons. The van der Waals surface area contributed by atoms with Gasteiger partial charge in [-0.05, 0) is 25.1 Å². The fraction of sp³-hybridized carbons (Fsp3) is 0.250. The van der Waals surface area contributed by atoms with Gasteiger partial charge in [-0.15, -0.1) is 11.3 Å². The van der Waals surface area contributed by atoms with Crippen LogP contribution in [-0.4, -0.2) is 17.0 Å². The van der Waals surface area contributed by atoms with Crippen LogP contribution in [0.15, 0.2) is 24.3 Å². The molecule has 2 aromatic heterocycles. The van der Waals surface area contributed by atoms with Crippen LogP contribution in [0.25, 0.3) is 0 Å². The second-order valence-electron chi connectivity index (χ2n) is 3.94. The Morgan fingerprint density at radius 2 is 2.16 bits per heavy atom. The van der Waals surface area contributed by atoms with Crippen LogP contribution in [0.2, 0.25) is 0 Å². The lowest BCUT2D eigenvalue weighted by molar-refractivity contribution is -0.384. The first-order valence-electron chi connectivity index (χ1n) is 5.72. The molecule has 19 heavy (non-hydrogen) atoms. The smallest absolute Gasteiger partial charge is 0.311 e. The molecular weight excluding hydrogens is 264 g/mol. The molecule has 0 fully saturated rings. The van der Waals surface area contributed by atoms with Gasteiger partial charge >= 0.3 is 5.69 Å². The summed E-state index contributed by atoms with van der Waals surface area (Å²) in [5, 5.41) is 16.8. The molecule has 2 heterocycles. The largest absolute Gasteiger partial charge is 0.373 e. The summed E-state index contributed by atoms with van der Waals surface area (Å²) in [5.74, 6) is 0.873. The van der Waals surface area contributed by atoms with Crippen molar-refractivity contribution in [1.29, 1.82) is 0 Å². The molecule has 0 aromatic carbocycles. The van der Waals surface area contributed by atoms with E-state index in [0.717, 1.165) is 4.88 Å². The fourth-order valence-corrected chi connectivity index (χ4v) is 2.45. The van der Waals surface area contributed by atoms with Gasteiger partial charge in [-0.25, -0.2) is 4.98 Å². The molecule has 2 rings (SSSR count). The summed E-state index contributed by atoms with van der Waals surface area (Å²) in [5.41, 5.74) is -0.0210. The monoisotopic (exact) mass is 278 g/mol. The molecule has 6 nitrogen and oxygen atoms in total. The normalized spacial score (nSPS) is 10.2. The predicted octanol–water partition coefficient (Wildman–Crippen LogP) is 3.01. The number of aryl methyl sites for hydroxylation is 1. The van der Waals surface area contributed by atoms with Gasteiger partial charge in [0.1, 0.15) is 5.82 Å². The Morgan fingerprint density at radius 1 is 1.37 bits per heavy atom. The van der Waals surface area contributed by atoms with Gasteiger partial charge in [0.2, 0.25) is 5.82 Å². The summed E-state index contributed by atoms with van der Waals surface area (Å²) in [6.45, 7) is 2.55. The van der Waals surface area contributed by atoms with Crippen molar-refractivity contribution in [1.82, 2.24) is 4.98 Å². The third-order valence-corrected chi connectivity index (χ3v) is 3.55. The minimum atomic E-state index is -0.436. The molecule has 0 spiro atoms. The summed E-state index contributed by atoms with van der Waals surface area (Å²) in [6, 6.07) is 7.05. The minimum Gasteiger partial charge on any atom is -0.373 e. The lowest BCUT2D eigenvalue weighted by atomic mass is 10.3. The van der Waals surface area contributed by atoms with Crippen LogP contribution in [-0.2, 0) is 6.54 Å². The molecule has 0 bridgehead atoms. The molecule has 0 saturated heterocycles. The number of aromatic nitrogens is 1. The molecular formula is C12H14N4O2S. The number of pyridine rings is 1. The highest BCUT2D eigenvalue weighted by molar-refractivity contribution is 7.11. The third-order valence-electron chi connectivity index (χ3n) is 2.55. The molecule has 0 aliphatic heterocycles. The second kappa shape index (κ2) is 5.66. The number of nitrogens with one attached hydrogen (secondary N) is 2. The molecule has 0 amide bonds. The summed E-state index contributed by atoms with van der Waals surface area (Å²) in [4.78, 5) is 17.0. The molecule has 0 radical (unpaired) electrons. The van der Waals surface area contributed by atoms with Crippen LogP contribution < -0.4 is 10.6 Å². The third kappa shape index (κ3) is 3.19. The van der Waals surface area contributed by atoms with Gasteiger partial charge in [-0.2, -0.15) is 0 Å². The van der Waals surface area contributed by atoms with Crippen molar-refractivity contribution in [3.8, 4) is 0 Å². The molecule has 0 saturated carbocycles. The number of nitrogens with zero attached hydrogens (tertiary/aromatic N) is 2. The average molecular weight is 278 g/mol. The first kappa shape index (κ1) is 13.3. The van der Waals surface area contributed by atoms with E-state index in [0.29, 0.717) is 12.4 Å². The molecule has 0 aliphatic carbocycles. The van der Waals surface area contributed by atoms with Gasteiger partial charge in [-0.1, -0.05) is 0 Å². The number of anilines is 2. The van der Waals surface area contributed by atoms with E-state index in [9.17, 15) is 10.1 Å². The molecule has 0 atom stereocenters. The first-order chi connectivity index (χ1) is 9.10. The van der Waals surface area contributed by atoms with Crippen molar-refractivity contribution in [2.45, 2.75) is 13.5 Å². The molecule has 0 aliphatic rings. The van der Waals surface area contributed by atoms with Crippen molar-refractivity contribution in [2.75, 3.05) is 17.7 Å². The minimum absolute atomic E-state index is 0.0210. The Balaban J connectivity index is 2.19.